The predicted molar refractivity (Wildman–Crippen MR) is 182 cm³/mol. The highest BCUT2D eigenvalue weighted by Gasteiger charge is 2.26. The van der Waals surface area contributed by atoms with E-state index in [0.29, 0.717) is 41.5 Å². The number of imidazole rings is 1. The number of ether oxygens (including phenoxy) is 2. The van der Waals surface area contributed by atoms with Gasteiger partial charge in [-0.15, -0.1) is 0 Å². The number of nitrogens with zero attached hydrogens (tertiary/aromatic N) is 3. The van der Waals surface area contributed by atoms with Gasteiger partial charge >= 0.3 is 12.1 Å². The number of fused-ring (bicyclic) bond motifs is 1. The molecule has 7 rings (SSSR count). The van der Waals surface area contributed by atoms with E-state index in [-0.39, 0.29) is 24.3 Å². The molecule has 0 unspecified atom stereocenters. The summed E-state index contributed by atoms with van der Waals surface area (Å²) >= 11 is 2.27. The lowest BCUT2D eigenvalue weighted by Gasteiger charge is -2.25. The minimum Gasteiger partial charge on any atom is -0.489 e. The molecule has 1 aliphatic heterocycles. The number of carboxylic acid groups (broad SMARTS) is 1. The highest BCUT2D eigenvalue weighted by molar-refractivity contribution is 14.1. The molecule has 5 aromatic rings. The molecular formula is C36H31FIN3O5. The maximum atomic E-state index is 16.0. The number of carbonyl (C=O) groups excluding carboxylic acids is 1. The number of amides is 1. The Kier molecular flexibility index (Phi) is 8.37. The Hall–Kier alpha value is -4.45. The van der Waals surface area contributed by atoms with Crippen molar-refractivity contribution in [1.82, 2.24) is 9.55 Å². The van der Waals surface area contributed by atoms with Crippen molar-refractivity contribution in [2.24, 2.45) is 0 Å². The van der Waals surface area contributed by atoms with Crippen LogP contribution in [0.15, 0.2) is 78.9 Å². The summed E-state index contributed by atoms with van der Waals surface area (Å²) in [5, 5.41) is 9.54. The largest absolute Gasteiger partial charge is 0.489 e. The maximum absolute atomic E-state index is 16.0. The van der Waals surface area contributed by atoms with Gasteiger partial charge in [-0.25, -0.2) is 19.0 Å². The zero-order chi connectivity index (χ0) is 31.8. The minimum atomic E-state index is -1.03. The second-order valence-electron chi connectivity index (χ2n) is 11.7. The van der Waals surface area contributed by atoms with Crippen molar-refractivity contribution in [1.29, 1.82) is 0 Å². The number of carbonyl (C=O) groups is 2. The Morgan fingerprint density at radius 1 is 0.978 bits per heavy atom. The molecule has 1 N–H and O–H groups in total. The predicted octanol–water partition coefficient (Wildman–Crippen LogP) is 8.85. The van der Waals surface area contributed by atoms with E-state index in [2.05, 4.69) is 27.2 Å². The van der Waals surface area contributed by atoms with Gasteiger partial charge in [-0.1, -0.05) is 37.5 Å². The summed E-state index contributed by atoms with van der Waals surface area (Å²) in [6.45, 7) is 0.956. The molecule has 2 fully saturated rings. The Bertz CT molecular complexity index is 1950. The molecule has 10 heteroatoms. The van der Waals surface area contributed by atoms with Crippen molar-refractivity contribution in [3.8, 4) is 28.3 Å². The number of cyclic esters (lactones) is 1. The van der Waals surface area contributed by atoms with Gasteiger partial charge < -0.3 is 19.1 Å². The van der Waals surface area contributed by atoms with Gasteiger partial charge in [-0.05, 0) is 107 Å². The molecule has 234 valence electrons. The minimum absolute atomic E-state index is 0.145. The number of hydrogen-bond donors (Lipinski definition) is 1. The van der Waals surface area contributed by atoms with Crippen LogP contribution in [0.25, 0.3) is 33.5 Å². The van der Waals surface area contributed by atoms with Crippen LogP contribution in [0.1, 0.15) is 54.1 Å². The molecule has 0 bridgehead atoms. The van der Waals surface area contributed by atoms with E-state index in [1.54, 1.807) is 35.2 Å². The molecule has 1 saturated heterocycles. The Morgan fingerprint density at radius 2 is 1.76 bits per heavy atom. The van der Waals surface area contributed by atoms with Crippen LogP contribution in [-0.2, 0) is 11.3 Å². The van der Waals surface area contributed by atoms with Crippen molar-refractivity contribution in [2.45, 2.75) is 44.8 Å². The number of anilines is 1. The molecule has 2 aliphatic rings. The molecule has 0 radical (unpaired) electrons. The molecule has 0 atom stereocenters. The summed E-state index contributed by atoms with van der Waals surface area (Å²) in [5.74, 6) is -0.664. The van der Waals surface area contributed by atoms with E-state index >= 15 is 4.39 Å². The maximum Gasteiger partial charge on any atom is 0.414 e. The lowest BCUT2D eigenvalue weighted by atomic mass is 9.94. The monoisotopic (exact) mass is 731 g/mol. The SMILES string of the molecule is O=C(O)c1ccc2c(c1)nc(-c1ccc(OCc3cc(N4CCOC4=O)ccc3-c3ccc(I)cc3)cc1F)n2C1CCCCC1. The van der Waals surface area contributed by atoms with Gasteiger partial charge in [-0.3, -0.25) is 4.90 Å². The van der Waals surface area contributed by atoms with Crippen LogP contribution in [0.2, 0.25) is 0 Å². The summed E-state index contributed by atoms with van der Waals surface area (Å²) in [6.07, 6.45) is 4.86. The van der Waals surface area contributed by atoms with Crippen molar-refractivity contribution < 1.29 is 28.6 Å². The molecule has 1 saturated carbocycles. The number of aromatic carboxylic acids is 1. The number of halogens is 2. The molecule has 8 nitrogen and oxygen atoms in total. The molecule has 1 amide bonds. The molecule has 0 spiro atoms. The van der Waals surface area contributed by atoms with E-state index in [1.807, 2.05) is 42.5 Å². The van der Waals surface area contributed by atoms with Gasteiger partial charge in [0.1, 0.15) is 30.6 Å². The summed E-state index contributed by atoms with van der Waals surface area (Å²) < 4.78 is 30.5. The van der Waals surface area contributed by atoms with Gasteiger partial charge in [0, 0.05) is 21.4 Å². The number of benzene rings is 4. The first-order valence-corrected chi connectivity index (χ1v) is 16.4. The van der Waals surface area contributed by atoms with Crippen molar-refractivity contribution in [3.63, 3.8) is 0 Å². The first-order chi connectivity index (χ1) is 22.4. The van der Waals surface area contributed by atoms with Crippen LogP contribution in [0.5, 0.6) is 5.75 Å². The quantitative estimate of drug-likeness (QED) is 0.160. The normalized spacial score (nSPS) is 15.3. The van der Waals surface area contributed by atoms with E-state index in [1.165, 1.54) is 12.5 Å². The van der Waals surface area contributed by atoms with Crippen molar-refractivity contribution >= 4 is 51.4 Å². The standard InChI is InChI=1S/C36H31FIN3O5/c37-31-20-28(46-21-24-18-27(40-16-17-45-36(40)44)11-13-29(24)22-6-9-25(38)10-7-22)12-14-30(31)34-39-32-19-23(35(42)43)8-15-33(32)41(34)26-4-2-1-3-5-26/h6-15,18-20,26H,1-5,16-17,21H2,(H,42,43). The fraction of sp³-hybridized carbons (Fsp3) is 0.250. The number of hydrogen-bond acceptors (Lipinski definition) is 5. The lowest BCUT2D eigenvalue weighted by molar-refractivity contribution is 0.0697. The smallest absolute Gasteiger partial charge is 0.414 e. The lowest BCUT2D eigenvalue weighted by Crippen LogP contribution is -2.23. The third-order valence-corrected chi connectivity index (χ3v) is 9.49. The van der Waals surface area contributed by atoms with E-state index < -0.39 is 11.8 Å². The summed E-state index contributed by atoms with van der Waals surface area (Å²) in [5.41, 5.74) is 5.32. The summed E-state index contributed by atoms with van der Waals surface area (Å²) in [6, 6.07) is 23.8. The fourth-order valence-corrected chi connectivity index (χ4v) is 6.82. The van der Waals surface area contributed by atoms with E-state index in [9.17, 15) is 14.7 Å². The number of rotatable bonds is 8. The molecule has 46 heavy (non-hydrogen) atoms. The van der Waals surface area contributed by atoms with Crippen LogP contribution in [0.4, 0.5) is 14.9 Å². The zero-order valence-corrected chi connectivity index (χ0v) is 27.1. The summed E-state index contributed by atoms with van der Waals surface area (Å²) in [4.78, 5) is 30.3. The van der Waals surface area contributed by atoms with Crippen LogP contribution in [0.3, 0.4) is 0 Å². The zero-order valence-electron chi connectivity index (χ0n) is 24.9. The number of aromatic nitrogens is 2. The van der Waals surface area contributed by atoms with Gasteiger partial charge in [0.15, 0.2) is 0 Å². The van der Waals surface area contributed by atoms with Crippen LogP contribution < -0.4 is 9.64 Å². The van der Waals surface area contributed by atoms with Crippen LogP contribution >= 0.6 is 22.6 Å². The number of carboxylic acids is 1. The van der Waals surface area contributed by atoms with Gasteiger partial charge in [0.2, 0.25) is 0 Å². The molecule has 1 aromatic heterocycles. The second kappa shape index (κ2) is 12.7. The highest BCUT2D eigenvalue weighted by Crippen LogP contribution is 2.38. The summed E-state index contributed by atoms with van der Waals surface area (Å²) in [7, 11) is 0. The van der Waals surface area contributed by atoms with E-state index in [4.69, 9.17) is 14.5 Å². The topological polar surface area (TPSA) is 93.9 Å². The molecule has 2 heterocycles. The first-order valence-electron chi connectivity index (χ1n) is 15.4. The van der Waals surface area contributed by atoms with Gasteiger partial charge in [0.05, 0.1) is 28.7 Å². The highest BCUT2D eigenvalue weighted by atomic mass is 127. The van der Waals surface area contributed by atoms with Gasteiger partial charge in [0.25, 0.3) is 0 Å². The second-order valence-corrected chi connectivity index (χ2v) is 12.9. The van der Waals surface area contributed by atoms with Crippen LogP contribution in [-0.4, -0.2) is 39.9 Å². The van der Waals surface area contributed by atoms with Gasteiger partial charge in [-0.2, -0.15) is 0 Å². The average molecular weight is 732 g/mol. The van der Waals surface area contributed by atoms with E-state index in [0.717, 1.165) is 51.5 Å². The average Bonchev–Trinajstić information content (AvgIpc) is 3.67. The Balaban J connectivity index is 1.21. The Labute approximate surface area is 278 Å². The Morgan fingerprint density at radius 3 is 2.48 bits per heavy atom. The first kappa shape index (κ1) is 30.2. The fourth-order valence-electron chi connectivity index (χ4n) is 6.47. The third kappa shape index (κ3) is 5.93. The van der Waals surface area contributed by atoms with Crippen molar-refractivity contribution in [3.05, 3.63) is 99.4 Å². The molecule has 4 aromatic carbocycles. The van der Waals surface area contributed by atoms with Crippen molar-refractivity contribution in [2.75, 3.05) is 18.1 Å². The molecule has 1 aliphatic carbocycles. The third-order valence-electron chi connectivity index (χ3n) is 8.77. The molecular weight excluding hydrogens is 700 g/mol. The van der Waals surface area contributed by atoms with Crippen LogP contribution in [0, 0.1) is 9.39 Å².